The Morgan fingerprint density at radius 2 is 0.689 bits per heavy atom. The molecule has 0 radical (unpaired) electrons. The third-order valence-electron chi connectivity index (χ3n) is 14.8. The van der Waals surface area contributed by atoms with Crippen molar-refractivity contribution in [1.82, 2.24) is 0 Å². The molecule has 0 aliphatic heterocycles. The van der Waals surface area contributed by atoms with Crippen molar-refractivity contribution in [2.45, 2.75) is 341 Å². The van der Waals surface area contributed by atoms with E-state index in [1.54, 1.807) is 0 Å². The number of hydrogen-bond donors (Lipinski definition) is 1. The smallest absolute Gasteiger partial charge is 0.361 e. The molecule has 0 aliphatic rings. The second kappa shape index (κ2) is 57.2. The summed E-state index contributed by atoms with van der Waals surface area (Å²) in [6.45, 7) is 4.88. The number of rotatable bonds is 61. The molecule has 1 N–H and O–H groups in total. The summed E-state index contributed by atoms with van der Waals surface area (Å²) in [5.41, 5.74) is 0. The zero-order valence-corrected chi connectivity index (χ0v) is 50.0. The minimum absolute atomic E-state index is 0.175. The van der Waals surface area contributed by atoms with E-state index < -0.39 is 18.4 Å². The molecule has 2 atom stereocenters. The summed E-state index contributed by atoms with van der Waals surface area (Å²) in [7, 11) is 5.97. The third kappa shape index (κ3) is 57.7. The Bertz CT molecular complexity index is 1220. The molecule has 0 saturated carbocycles. The molecule has 0 aromatic heterocycles. The van der Waals surface area contributed by atoms with Crippen molar-refractivity contribution < 1.29 is 42.9 Å². The van der Waals surface area contributed by atoms with Gasteiger partial charge in [-0.05, 0) is 38.5 Å². The first-order valence-electron chi connectivity index (χ1n) is 32.4. The molecule has 0 heterocycles. The largest absolute Gasteiger partial charge is 0.477 e. The second-order valence-corrected chi connectivity index (χ2v) is 23.4. The molecule has 0 spiro atoms. The lowest BCUT2D eigenvalue weighted by Crippen LogP contribution is -2.40. The van der Waals surface area contributed by atoms with Crippen LogP contribution in [0.25, 0.3) is 0 Å². The van der Waals surface area contributed by atoms with Crippen LogP contribution in [0.2, 0.25) is 0 Å². The van der Waals surface area contributed by atoms with Crippen LogP contribution < -0.4 is 0 Å². The number of nitrogens with zero attached hydrogens (tertiary/aromatic N) is 1. The number of esters is 2. The molecule has 0 fully saturated rings. The topological polar surface area (TPSA) is 108 Å². The molecule has 0 aromatic carbocycles. The summed E-state index contributed by atoms with van der Waals surface area (Å²) in [6.07, 6.45) is 65.2. The van der Waals surface area contributed by atoms with Crippen molar-refractivity contribution in [3.63, 3.8) is 0 Å². The molecular weight excluding hydrogens is 923 g/mol. The molecule has 74 heavy (non-hydrogen) atoms. The van der Waals surface area contributed by atoms with Crippen molar-refractivity contribution in [3.8, 4) is 0 Å². The summed E-state index contributed by atoms with van der Waals surface area (Å²) >= 11 is 0. The van der Waals surface area contributed by atoms with Crippen LogP contribution in [0.1, 0.15) is 328 Å². The van der Waals surface area contributed by atoms with Crippen molar-refractivity contribution >= 4 is 17.9 Å². The Kier molecular flexibility index (Phi) is 55.7. The molecule has 2 unspecified atom stereocenters. The number of carbonyl (C=O) groups is 3. The van der Waals surface area contributed by atoms with Crippen LogP contribution in [0.5, 0.6) is 0 Å². The lowest BCUT2D eigenvalue weighted by Gasteiger charge is -2.25. The average molecular weight is 1050 g/mol. The minimum Gasteiger partial charge on any atom is -0.477 e. The molecule has 0 bridgehead atoms. The summed E-state index contributed by atoms with van der Waals surface area (Å²) in [6, 6.07) is 0. The fourth-order valence-electron chi connectivity index (χ4n) is 9.78. The predicted octanol–water partition coefficient (Wildman–Crippen LogP) is 19.3. The highest BCUT2D eigenvalue weighted by atomic mass is 16.7. The number of unbranched alkanes of at least 4 members (excludes halogenated alkanes) is 44. The van der Waals surface area contributed by atoms with Crippen molar-refractivity contribution in [3.05, 3.63) is 12.2 Å². The quantitative estimate of drug-likeness (QED) is 0.0211. The Balaban J connectivity index is 3.77. The van der Waals surface area contributed by atoms with E-state index in [1.807, 2.05) is 21.1 Å². The molecule has 438 valence electrons. The molecule has 0 amide bonds. The van der Waals surface area contributed by atoms with E-state index >= 15 is 0 Å². The van der Waals surface area contributed by atoms with Gasteiger partial charge in [-0.3, -0.25) is 9.59 Å². The fraction of sp³-hybridized carbons (Fsp3) is 0.923. The molecular formula is C65H126NO8+. The first-order valence-corrected chi connectivity index (χ1v) is 32.4. The predicted molar refractivity (Wildman–Crippen MR) is 314 cm³/mol. The maximum atomic E-state index is 12.8. The molecule has 0 rings (SSSR count). The Hall–Kier alpha value is -1.97. The van der Waals surface area contributed by atoms with Gasteiger partial charge >= 0.3 is 17.9 Å². The van der Waals surface area contributed by atoms with Gasteiger partial charge in [0.1, 0.15) is 13.2 Å². The van der Waals surface area contributed by atoms with E-state index in [0.29, 0.717) is 17.4 Å². The van der Waals surface area contributed by atoms with Crippen molar-refractivity contribution in [1.29, 1.82) is 0 Å². The number of hydrogen-bond acceptors (Lipinski definition) is 7. The van der Waals surface area contributed by atoms with Gasteiger partial charge in [0.05, 0.1) is 34.4 Å². The van der Waals surface area contributed by atoms with Crippen LogP contribution in [0.4, 0.5) is 0 Å². The zero-order valence-electron chi connectivity index (χ0n) is 50.0. The molecule has 9 nitrogen and oxygen atoms in total. The molecule has 9 heteroatoms. The Morgan fingerprint density at radius 3 is 1.00 bits per heavy atom. The lowest BCUT2D eigenvalue weighted by atomic mass is 10.0. The van der Waals surface area contributed by atoms with Crippen LogP contribution in [-0.4, -0.2) is 87.4 Å². The summed E-state index contributed by atoms with van der Waals surface area (Å²) < 4.78 is 22.8. The number of ether oxygens (including phenoxy) is 4. The van der Waals surface area contributed by atoms with Crippen molar-refractivity contribution in [2.75, 3.05) is 47.5 Å². The van der Waals surface area contributed by atoms with E-state index in [4.69, 9.17) is 18.9 Å². The molecule has 0 saturated heterocycles. The lowest BCUT2D eigenvalue weighted by molar-refractivity contribution is -0.870. The number of aliphatic carboxylic acids is 1. The van der Waals surface area contributed by atoms with Gasteiger partial charge in [0.2, 0.25) is 0 Å². The van der Waals surface area contributed by atoms with Gasteiger partial charge in [0.25, 0.3) is 6.29 Å². The van der Waals surface area contributed by atoms with E-state index in [9.17, 15) is 19.5 Å². The number of carboxylic acids is 1. The minimum atomic E-state index is -1.50. The zero-order chi connectivity index (χ0) is 54.1. The van der Waals surface area contributed by atoms with E-state index in [0.717, 1.165) is 38.5 Å². The van der Waals surface area contributed by atoms with Crippen LogP contribution in [0, 0.1) is 0 Å². The maximum absolute atomic E-state index is 12.8. The third-order valence-corrected chi connectivity index (χ3v) is 14.8. The summed E-state index contributed by atoms with van der Waals surface area (Å²) in [5, 5.41) is 9.66. The van der Waals surface area contributed by atoms with Crippen molar-refractivity contribution in [2.24, 2.45) is 0 Å². The molecule has 0 aromatic rings. The van der Waals surface area contributed by atoms with Gasteiger partial charge < -0.3 is 28.5 Å². The van der Waals surface area contributed by atoms with Gasteiger partial charge in [-0.1, -0.05) is 289 Å². The first kappa shape index (κ1) is 72.0. The second-order valence-electron chi connectivity index (χ2n) is 23.4. The van der Waals surface area contributed by atoms with Crippen LogP contribution in [-0.2, 0) is 33.3 Å². The highest BCUT2D eigenvalue weighted by molar-refractivity contribution is 5.71. The van der Waals surface area contributed by atoms with Crippen LogP contribution in [0.3, 0.4) is 0 Å². The first-order chi connectivity index (χ1) is 36.1. The number of carbonyl (C=O) groups excluding carboxylic acids is 2. The highest BCUT2D eigenvalue weighted by Crippen LogP contribution is 2.18. The Labute approximate surface area is 459 Å². The molecule has 0 aliphatic carbocycles. The summed E-state index contributed by atoms with van der Waals surface area (Å²) in [4.78, 5) is 37.2. The number of allylic oxidation sites excluding steroid dienone is 2. The Morgan fingerprint density at radius 1 is 0.392 bits per heavy atom. The van der Waals surface area contributed by atoms with E-state index in [1.165, 1.54) is 263 Å². The number of likely N-dealkylation sites (N-methyl/N-ethyl adjacent to an activating group) is 1. The van der Waals surface area contributed by atoms with E-state index in [-0.39, 0.29) is 38.2 Å². The van der Waals surface area contributed by atoms with Crippen LogP contribution >= 0.6 is 0 Å². The van der Waals surface area contributed by atoms with Gasteiger partial charge in [0, 0.05) is 12.8 Å². The fourth-order valence-corrected chi connectivity index (χ4v) is 9.78. The van der Waals surface area contributed by atoms with Crippen LogP contribution in [0.15, 0.2) is 12.2 Å². The average Bonchev–Trinajstić information content (AvgIpc) is 3.37. The SMILES string of the molecule is CCCCCCCCCC/C=C\CCCCCCCCCCCCCCCCCCCCCCCCCCCCCCCC(=O)OC(COC(=O)CCCCCCCCCC)COC(OCC[N+](C)(C)C)C(=O)O. The normalized spacial score (nSPS) is 12.7. The van der Waals surface area contributed by atoms with Gasteiger partial charge in [0.15, 0.2) is 6.10 Å². The number of quaternary nitrogens is 1. The van der Waals surface area contributed by atoms with Gasteiger partial charge in [-0.25, -0.2) is 4.79 Å². The van der Waals surface area contributed by atoms with E-state index in [2.05, 4.69) is 26.0 Å². The standard InChI is InChI=1S/C65H125NO8/c1-6-8-10-12-14-16-17-18-19-20-21-22-23-24-25-26-27-28-29-30-31-32-33-34-35-36-37-38-39-40-41-42-43-44-45-46-47-48-50-52-54-56-63(68)74-61(60-73-65(64(69)70)71-58-57-66(3,4)5)59-72-62(67)55-53-51-49-15-13-11-9-7-2/h20-21,61,65H,6-19,22-60H2,1-5H3/p+1/b21-20-. The van der Waals surface area contributed by atoms with Gasteiger partial charge in [-0.2, -0.15) is 0 Å². The highest BCUT2D eigenvalue weighted by Gasteiger charge is 2.25. The monoisotopic (exact) mass is 1050 g/mol. The number of carboxylic acid groups (broad SMARTS) is 1. The summed E-state index contributed by atoms with van der Waals surface area (Å²) in [5.74, 6) is -1.99. The van der Waals surface area contributed by atoms with Gasteiger partial charge in [-0.15, -0.1) is 0 Å². The maximum Gasteiger partial charge on any atom is 0.361 e.